The average Bonchev–Trinajstić information content (AvgIpc) is 3.57. The molecule has 0 unspecified atom stereocenters. The van der Waals surface area contributed by atoms with Crippen molar-refractivity contribution in [2.45, 2.75) is 20.0 Å². The average molecular weight is 671 g/mol. The number of aromatic nitrogens is 2. The molecule has 2 heterocycles. The molecule has 0 aliphatic heterocycles. The summed E-state index contributed by atoms with van der Waals surface area (Å²) in [6, 6.07) is 25.5. The molecule has 0 fully saturated rings. The van der Waals surface area contributed by atoms with Gasteiger partial charge in [0.25, 0.3) is 0 Å². The van der Waals surface area contributed by atoms with E-state index in [1.54, 1.807) is 98.8 Å². The molecule has 0 radical (unpaired) electrons. The van der Waals surface area contributed by atoms with Gasteiger partial charge in [-0.05, 0) is 61.4 Å². The van der Waals surface area contributed by atoms with E-state index >= 15 is 22.0 Å². The van der Waals surface area contributed by atoms with Gasteiger partial charge in [0.1, 0.15) is 0 Å². The van der Waals surface area contributed by atoms with Crippen LogP contribution >= 0.6 is 0 Å². The van der Waals surface area contributed by atoms with Crippen molar-refractivity contribution in [2.75, 3.05) is 0 Å². The molecule has 8 aromatic rings. The van der Waals surface area contributed by atoms with Gasteiger partial charge in [0, 0.05) is 27.1 Å². The minimum Gasteiger partial charge on any atom is -0.309 e. The summed E-state index contributed by atoms with van der Waals surface area (Å²) in [6.07, 6.45) is -5.03. The van der Waals surface area contributed by atoms with Crippen molar-refractivity contribution in [2.24, 2.45) is 0 Å². The Morgan fingerprint density at radius 3 is 1.37 bits per heavy atom. The van der Waals surface area contributed by atoms with Gasteiger partial charge < -0.3 is 9.13 Å². The van der Waals surface area contributed by atoms with Crippen molar-refractivity contribution >= 4 is 43.6 Å². The first-order valence-corrected chi connectivity index (χ1v) is 15.1. The van der Waals surface area contributed by atoms with E-state index in [4.69, 9.17) is 0 Å². The monoisotopic (exact) mass is 670 g/mol. The van der Waals surface area contributed by atoms with Crippen molar-refractivity contribution in [3.8, 4) is 22.5 Å². The van der Waals surface area contributed by atoms with Crippen molar-refractivity contribution < 1.29 is 35.1 Å². The zero-order chi connectivity index (χ0) is 34.5. The van der Waals surface area contributed by atoms with E-state index in [9.17, 15) is 13.2 Å². The third kappa shape index (κ3) is 4.46. The number of halogens is 8. The summed E-state index contributed by atoms with van der Waals surface area (Å²) in [5.74, 6) is -11.1. The molecular formula is C39H22F8N2. The van der Waals surface area contributed by atoms with E-state index < -0.39 is 63.3 Å². The second-order valence-corrected chi connectivity index (χ2v) is 12.1. The molecule has 0 aliphatic carbocycles. The van der Waals surface area contributed by atoms with Crippen LogP contribution in [0.15, 0.2) is 97.1 Å². The molecule has 0 atom stereocenters. The molecular weight excluding hydrogens is 648 g/mol. The fourth-order valence-electron chi connectivity index (χ4n) is 6.90. The van der Waals surface area contributed by atoms with Gasteiger partial charge in [-0.2, -0.15) is 13.2 Å². The van der Waals surface area contributed by atoms with Crippen LogP contribution in [0.3, 0.4) is 0 Å². The fourth-order valence-corrected chi connectivity index (χ4v) is 6.90. The molecule has 2 aromatic heterocycles. The number of nitrogens with zero attached hydrogens (tertiary/aromatic N) is 2. The predicted molar refractivity (Wildman–Crippen MR) is 175 cm³/mol. The lowest BCUT2D eigenvalue weighted by atomic mass is 9.97. The van der Waals surface area contributed by atoms with Crippen molar-refractivity contribution in [1.29, 1.82) is 0 Å². The SMILES string of the molecule is Cc1ccc2c3ccccc3n(-c3cc(C(F)(F)F)c(-n4c5ccccc5c5ccc(C)cc54)cc3-c3c(F)c(F)c(F)c(F)c3F)c2c1. The second-order valence-electron chi connectivity index (χ2n) is 12.1. The van der Waals surface area contributed by atoms with E-state index in [1.807, 2.05) is 0 Å². The molecule has 10 heteroatoms. The number of aryl methyl sites for hydroxylation is 2. The zero-order valence-electron chi connectivity index (χ0n) is 25.7. The maximum atomic E-state index is 15.8. The first-order valence-electron chi connectivity index (χ1n) is 15.1. The molecule has 49 heavy (non-hydrogen) atoms. The quantitative estimate of drug-likeness (QED) is 0.101. The topological polar surface area (TPSA) is 9.86 Å². The van der Waals surface area contributed by atoms with E-state index in [0.717, 1.165) is 23.3 Å². The third-order valence-corrected chi connectivity index (χ3v) is 9.04. The van der Waals surface area contributed by atoms with E-state index in [0.29, 0.717) is 43.6 Å². The molecule has 0 bridgehead atoms. The summed E-state index contributed by atoms with van der Waals surface area (Å²) in [5.41, 5.74) is -1.25. The maximum Gasteiger partial charge on any atom is 0.418 e. The normalized spacial score (nSPS) is 12.3. The number of alkyl halides is 3. The van der Waals surface area contributed by atoms with Crippen LogP contribution in [0, 0.1) is 42.9 Å². The van der Waals surface area contributed by atoms with Gasteiger partial charge >= 0.3 is 6.18 Å². The Morgan fingerprint density at radius 2 is 0.878 bits per heavy atom. The van der Waals surface area contributed by atoms with Crippen LogP contribution in [-0.4, -0.2) is 9.13 Å². The highest BCUT2D eigenvalue weighted by molar-refractivity contribution is 6.11. The number of hydrogen-bond acceptors (Lipinski definition) is 0. The molecule has 244 valence electrons. The van der Waals surface area contributed by atoms with Crippen molar-refractivity contribution in [3.63, 3.8) is 0 Å². The van der Waals surface area contributed by atoms with Gasteiger partial charge in [-0.25, -0.2) is 22.0 Å². The van der Waals surface area contributed by atoms with Gasteiger partial charge in [-0.15, -0.1) is 0 Å². The van der Waals surface area contributed by atoms with Crippen molar-refractivity contribution in [3.05, 3.63) is 143 Å². The van der Waals surface area contributed by atoms with Gasteiger partial charge in [0.05, 0.1) is 44.6 Å². The van der Waals surface area contributed by atoms with E-state index in [2.05, 4.69) is 0 Å². The molecule has 0 amide bonds. The first-order chi connectivity index (χ1) is 23.4. The Morgan fingerprint density at radius 1 is 0.449 bits per heavy atom. The van der Waals surface area contributed by atoms with Crippen LogP contribution in [0.25, 0.3) is 66.1 Å². The highest BCUT2D eigenvalue weighted by Crippen LogP contribution is 2.46. The Labute approximate surface area is 273 Å². The van der Waals surface area contributed by atoms with E-state index in [-0.39, 0.29) is 0 Å². The van der Waals surface area contributed by atoms with Crippen LogP contribution in [0.5, 0.6) is 0 Å². The van der Waals surface area contributed by atoms with E-state index in [1.165, 1.54) is 9.13 Å². The molecule has 0 saturated heterocycles. The number of benzene rings is 6. The van der Waals surface area contributed by atoms with Crippen LogP contribution in [0.1, 0.15) is 16.7 Å². The van der Waals surface area contributed by atoms with Gasteiger partial charge in [0.2, 0.25) is 5.82 Å². The number of para-hydroxylation sites is 2. The Hall–Kier alpha value is -5.64. The molecule has 0 saturated carbocycles. The fraction of sp³-hybridized carbons (Fsp3) is 0.0769. The zero-order valence-corrected chi connectivity index (χ0v) is 25.7. The standard InChI is InChI=1S/C39H22F8N2/c1-19-11-13-23-21-7-3-5-9-27(21)48(29(23)15-19)31-18-26(39(45,46)47)32(17-25(31)33-34(40)36(42)38(44)37(43)35(33)41)49-28-10-6-4-8-22(28)24-14-12-20(2)16-30(24)49/h3-18H,1-2H3. The first kappa shape index (κ1) is 30.7. The summed E-state index contributed by atoms with van der Waals surface area (Å²) in [5, 5.41) is 2.43. The molecule has 0 spiro atoms. The Balaban J connectivity index is 1.63. The van der Waals surface area contributed by atoms with Crippen LogP contribution in [-0.2, 0) is 6.18 Å². The minimum atomic E-state index is -5.03. The Kier molecular flexibility index (Phi) is 6.69. The molecule has 8 rings (SSSR count). The number of hydrogen-bond donors (Lipinski definition) is 0. The minimum absolute atomic E-state index is 0.345. The molecule has 0 N–H and O–H groups in total. The number of fused-ring (bicyclic) bond motifs is 6. The highest BCUT2D eigenvalue weighted by Gasteiger charge is 2.38. The summed E-state index contributed by atoms with van der Waals surface area (Å²) < 4.78 is 125. The van der Waals surface area contributed by atoms with Gasteiger partial charge in [-0.1, -0.05) is 60.7 Å². The van der Waals surface area contributed by atoms with Crippen LogP contribution in [0.4, 0.5) is 35.1 Å². The van der Waals surface area contributed by atoms with Crippen LogP contribution in [0.2, 0.25) is 0 Å². The van der Waals surface area contributed by atoms with Gasteiger partial charge in [0.15, 0.2) is 23.3 Å². The lowest BCUT2D eigenvalue weighted by Crippen LogP contribution is -2.14. The molecule has 6 aromatic carbocycles. The third-order valence-electron chi connectivity index (χ3n) is 9.04. The number of rotatable bonds is 3. The van der Waals surface area contributed by atoms with Gasteiger partial charge in [-0.3, -0.25) is 0 Å². The second kappa shape index (κ2) is 10.7. The largest absolute Gasteiger partial charge is 0.418 e. The smallest absolute Gasteiger partial charge is 0.309 e. The molecule has 2 nitrogen and oxygen atoms in total. The summed E-state index contributed by atoms with van der Waals surface area (Å²) in [7, 11) is 0. The maximum absolute atomic E-state index is 15.8. The lowest BCUT2D eigenvalue weighted by Gasteiger charge is -2.22. The summed E-state index contributed by atoms with van der Waals surface area (Å²) in [6.45, 7) is 3.53. The van der Waals surface area contributed by atoms with Crippen LogP contribution < -0.4 is 0 Å². The highest BCUT2D eigenvalue weighted by atomic mass is 19.4. The summed E-state index contributed by atoms with van der Waals surface area (Å²) in [4.78, 5) is 0. The summed E-state index contributed by atoms with van der Waals surface area (Å²) >= 11 is 0. The lowest BCUT2D eigenvalue weighted by molar-refractivity contribution is -0.137. The van der Waals surface area contributed by atoms with Crippen molar-refractivity contribution in [1.82, 2.24) is 9.13 Å². The Bertz CT molecular complexity index is 2650. The molecule has 0 aliphatic rings. The predicted octanol–water partition coefficient (Wildman–Crippen LogP) is 11.9.